The minimum atomic E-state index is -1.80. The first-order valence-corrected chi connectivity index (χ1v) is 27.1. The number of aromatic nitrogens is 2. The van der Waals surface area contributed by atoms with Crippen LogP contribution in [0.5, 0.6) is 5.75 Å². The summed E-state index contributed by atoms with van der Waals surface area (Å²) in [4.78, 5) is 68.6. The van der Waals surface area contributed by atoms with Gasteiger partial charge in [-0.05, 0) is 36.6 Å². The minimum absolute atomic E-state index is 0.0133. The molecule has 2 aromatic heterocycles. The number of esters is 1. The van der Waals surface area contributed by atoms with Gasteiger partial charge in [0.1, 0.15) is 5.84 Å². The maximum atomic E-state index is 13.6. The van der Waals surface area contributed by atoms with Crippen LogP contribution in [0.1, 0.15) is 73.3 Å². The molecule has 3 N–H and O–H groups in total. The lowest BCUT2D eigenvalue weighted by molar-refractivity contribution is -0.136. The van der Waals surface area contributed by atoms with E-state index in [1.165, 1.54) is 6.20 Å². The Balaban J connectivity index is 0.769. The average molecular weight is 1150 g/mol. The summed E-state index contributed by atoms with van der Waals surface area (Å²) in [5.41, 5.74) is 10.0. The topological polar surface area (TPSA) is 252 Å². The lowest BCUT2D eigenvalue weighted by atomic mass is 10.0. The van der Waals surface area contributed by atoms with Gasteiger partial charge >= 0.3 is 5.97 Å². The van der Waals surface area contributed by atoms with E-state index in [1.54, 1.807) is 23.2 Å². The number of fused-ring (bicyclic) bond motifs is 2. The van der Waals surface area contributed by atoms with Gasteiger partial charge in [0.25, 0.3) is 5.91 Å². The van der Waals surface area contributed by atoms with Crippen molar-refractivity contribution in [1.82, 2.24) is 19.8 Å². The second-order valence-electron chi connectivity index (χ2n) is 18.1. The molecule has 0 aliphatic carbocycles. The van der Waals surface area contributed by atoms with E-state index in [9.17, 15) is 36.7 Å². The van der Waals surface area contributed by atoms with Gasteiger partial charge in [0, 0.05) is 62.6 Å². The molecule has 22 nitrogen and oxygen atoms in total. The number of hydrogen-bond donors (Lipinski definition) is 2. The zero-order valence-corrected chi connectivity index (χ0v) is 46.1. The summed E-state index contributed by atoms with van der Waals surface area (Å²) in [6.07, 6.45) is 6.98. The van der Waals surface area contributed by atoms with Crippen molar-refractivity contribution in [3.05, 3.63) is 81.9 Å². The second kappa shape index (κ2) is 37.8. The molecule has 0 saturated carbocycles. The number of pyridine rings is 2. The van der Waals surface area contributed by atoms with Gasteiger partial charge in [0.05, 0.1) is 174 Å². The van der Waals surface area contributed by atoms with E-state index in [-0.39, 0.29) is 75.2 Å². The third-order valence-electron chi connectivity index (χ3n) is 11.9. The standard InChI is InChI=1S/C55H75F4N7O15/c1-3-8-65(9-4-2)55(70)39-32-46-47(64-48(60)34-39)33-40(36-61-46)54(69)63-42-31-41-38-66(10-5-45(41)62-37-42)49(67)6-11-71-13-15-73-17-19-75-21-23-77-25-27-79-29-30-80-28-26-78-24-22-76-20-18-74-16-14-72-12-7-50(68)81-53-51(58)43(56)35-44(57)52(53)59/h31-33,35-37H,3-30,34,38H2,1-2H3,(H2,60,64)(H,63,69). The largest absolute Gasteiger partial charge is 0.420 e. The molecule has 0 atom stereocenters. The van der Waals surface area contributed by atoms with Crippen molar-refractivity contribution in [2.75, 3.05) is 157 Å². The highest BCUT2D eigenvalue weighted by Gasteiger charge is 2.26. The number of hydrogen-bond acceptors (Lipinski definition) is 19. The van der Waals surface area contributed by atoms with Crippen molar-refractivity contribution in [3.63, 3.8) is 0 Å². The van der Waals surface area contributed by atoms with Crippen molar-refractivity contribution in [2.24, 2.45) is 10.7 Å². The number of carbonyl (C=O) groups is 4. The van der Waals surface area contributed by atoms with Gasteiger partial charge in [0.15, 0.2) is 11.6 Å². The number of halogens is 4. The lowest BCUT2D eigenvalue weighted by Gasteiger charge is -2.28. The molecule has 3 amide bonds. The molecular formula is C55H75F4N7O15. The highest BCUT2D eigenvalue weighted by molar-refractivity contribution is 6.07. The van der Waals surface area contributed by atoms with E-state index in [0.29, 0.717) is 154 Å². The molecule has 0 unspecified atom stereocenters. The Morgan fingerprint density at radius 3 is 1.60 bits per heavy atom. The molecule has 0 fully saturated rings. The predicted octanol–water partition coefficient (Wildman–Crippen LogP) is 5.15. The van der Waals surface area contributed by atoms with E-state index in [4.69, 9.17) is 53.1 Å². The first-order chi connectivity index (χ1) is 39.4. The zero-order valence-electron chi connectivity index (χ0n) is 46.1. The Morgan fingerprint density at radius 1 is 0.630 bits per heavy atom. The van der Waals surface area contributed by atoms with Crippen LogP contribution >= 0.6 is 0 Å². The molecule has 2 aliphatic heterocycles. The highest BCUT2D eigenvalue weighted by Crippen LogP contribution is 2.29. The Kier molecular flexibility index (Phi) is 30.7. The smallest absolute Gasteiger partial charge is 0.313 e. The number of amides is 3. The predicted molar refractivity (Wildman–Crippen MR) is 286 cm³/mol. The second-order valence-corrected chi connectivity index (χ2v) is 18.1. The van der Waals surface area contributed by atoms with E-state index < -0.39 is 47.3 Å². The van der Waals surface area contributed by atoms with Crippen molar-refractivity contribution in [2.45, 2.75) is 58.9 Å². The summed E-state index contributed by atoms with van der Waals surface area (Å²) in [5, 5.41) is 2.88. The first-order valence-electron chi connectivity index (χ1n) is 27.1. The van der Waals surface area contributed by atoms with Gasteiger partial charge in [0.2, 0.25) is 29.2 Å². The molecule has 0 radical (unpaired) electrons. The first kappa shape index (κ1) is 65.7. The third-order valence-corrected chi connectivity index (χ3v) is 11.9. The van der Waals surface area contributed by atoms with E-state index in [1.807, 2.05) is 24.8 Å². The van der Waals surface area contributed by atoms with Crippen LogP contribution in [0.4, 0.5) is 28.9 Å². The number of benzene rings is 1. The SMILES string of the molecule is CCCN(CCC)C(=O)C1=Cc2ncc(C(=O)Nc3cnc4c(c3)CN(C(=O)CCOCCOCCOCCOCCOCCOCCOCCOCCOCCOCCC(=O)Oc3c(F)c(F)cc(F)c3F)CC4)cc2N=C(N)C1. The Labute approximate surface area is 468 Å². The van der Waals surface area contributed by atoms with Gasteiger partial charge in [-0.25, -0.2) is 13.8 Å². The normalized spacial score (nSPS) is 13.0. The van der Waals surface area contributed by atoms with Gasteiger partial charge in [-0.3, -0.25) is 29.1 Å². The Hall–Kier alpha value is -6.07. The van der Waals surface area contributed by atoms with Crippen molar-refractivity contribution in [1.29, 1.82) is 0 Å². The monoisotopic (exact) mass is 1150 g/mol. The highest BCUT2D eigenvalue weighted by atomic mass is 19.2. The van der Waals surface area contributed by atoms with Crippen LogP contribution < -0.4 is 15.8 Å². The summed E-state index contributed by atoms with van der Waals surface area (Å²) in [5.74, 6) is -9.85. The zero-order chi connectivity index (χ0) is 58.0. The average Bonchev–Trinajstić information content (AvgIpc) is 3.67. The van der Waals surface area contributed by atoms with Crippen LogP contribution in [0.15, 0.2) is 41.2 Å². The maximum absolute atomic E-state index is 13.6. The number of carbonyl (C=O) groups excluding carboxylic acids is 4. The minimum Gasteiger partial charge on any atom is -0.420 e. The number of ether oxygens (including phenoxy) is 11. The molecule has 4 heterocycles. The van der Waals surface area contributed by atoms with Crippen LogP contribution in [0.2, 0.25) is 0 Å². The van der Waals surface area contributed by atoms with Crippen molar-refractivity contribution in [3.8, 4) is 5.75 Å². The Bertz CT molecular complexity index is 2480. The van der Waals surface area contributed by atoms with Crippen LogP contribution in [-0.2, 0) is 74.7 Å². The fourth-order valence-electron chi connectivity index (χ4n) is 7.86. The molecule has 26 heteroatoms. The van der Waals surface area contributed by atoms with Crippen molar-refractivity contribution < 1.29 is 88.8 Å². The number of rotatable bonds is 41. The van der Waals surface area contributed by atoms with Gasteiger partial charge in [-0.15, -0.1) is 0 Å². The molecule has 5 rings (SSSR count). The van der Waals surface area contributed by atoms with E-state index >= 15 is 0 Å². The van der Waals surface area contributed by atoms with Gasteiger partial charge in [-0.1, -0.05) is 13.8 Å². The molecule has 2 aliphatic rings. The molecule has 448 valence electrons. The number of aliphatic imine (C=N–C) groups is 1. The van der Waals surface area contributed by atoms with E-state index in [0.717, 1.165) is 24.1 Å². The molecule has 3 aromatic rings. The van der Waals surface area contributed by atoms with Gasteiger partial charge < -0.3 is 73.0 Å². The van der Waals surface area contributed by atoms with Crippen molar-refractivity contribution >= 4 is 47.0 Å². The molecule has 1 aromatic carbocycles. The summed E-state index contributed by atoms with van der Waals surface area (Å²) in [6.45, 7) is 12.6. The summed E-state index contributed by atoms with van der Waals surface area (Å²) in [7, 11) is 0. The molecular weight excluding hydrogens is 1070 g/mol. The van der Waals surface area contributed by atoms with Gasteiger partial charge in [-0.2, -0.15) is 8.78 Å². The molecule has 0 bridgehead atoms. The maximum Gasteiger partial charge on any atom is 0.313 e. The number of nitrogens with two attached hydrogens (primary N) is 1. The van der Waals surface area contributed by atoms with Crippen LogP contribution in [0.25, 0.3) is 6.08 Å². The molecule has 0 spiro atoms. The van der Waals surface area contributed by atoms with Crippen LogP contribution in [0.3, 0.4) is 0 Å². The fraction of sp³-hybridized carbons (Fsp3) is 0.582. The number of nitrogens with one attached hydrogen (secondary N) is 1. The quantitative estimate of drug-likeness (QED) is 0.0245. The fourth-order valence-corrected chi connectivity index (χ4v) is 7.86. The summed E-state index contributed by atoms with van der Waals surface area (Å²) >= 11 is 0. The van der Waals surface area contributed by atoms with E-state index in [2.05, 4.69) is 25.0 Å². The molecule has 0 saturated heterocycles. The summed E-state index contributed by atoms with van der Waals surface area (Å²) < 4.78 is 113. The third kappa shape index (κ3) is 24.1. The molecule has 81 heavy (non-hydrogen) atoms. The van der Waals surface area contributed by atoms with Crippen LogP contribution in [0, 0.1) is 23.3 Å². The number of anilines is 1. The number of amidine groups is 1. The van der Waals surface area contributed by atoms with Crippen LogP contribution in [-0.4, -0.2) is 201 Å². The lowest BCUT2D eigenvalue weighted by Crippen LogP contribution is -2.36. The summed E-state index contributed by atoms with van der Waals surface area (Å²) in [6, 6.07) is 3.44. The number of nitrogens with zero attached hydrogens (tertiary/aromatic N) is 5. The Morgan fingerprint density at radius 2 is 1.11 bits per heavy atom.